The molecule has 0 radical (unpaired) electrons. The Kier molecular flexibility index (Phi) is 6.23. The first-order valence-electron chi connectivity index (χ1n) is 12.9. The maximum Gasteiger partial charge on any atom is 0.330 e. The molecule has 0 aliphatic heterocycles. The molecule has 0 aromatic rings. The first kappa shape index (κ1) is 25.6. The van der Waals surface area contributed by atoms with Gasteiger partial charge in [0.25, 0.3) is 0 Å². The van der Waals surface area contributed by atoms with Gasteiger partial charge < -0.3 is 20.1 Å². The molecule has 0 bridgehead atoms. The zero-order valence-electron chi connectivity index (χ0n) is 21.6. The highest BCUT2D eigenvalue weighted by Crippen LogP contribution is 2.70. The Morgan fingerprint density at radius 1 is 1.15 bits per heavy atom. The minimum atomic E-state index is -1.57. The van der Waals surface area contributed by atoms with Gasteiger partial charge in [-0.15, -0.1) is 0 Å². The Balaban J connectivity index is 1.81. The van der Waals surface area contributed by atoms with E-state index in [4.69, 9.17) is 4.74 Å². The van der Waals surface area contributed by atoms with E-state index in [1.807, 2.05) is 33.8 Å². The van der Waals surface area contributed by atoms with Crippen molar-refractivity contribution in [2.24, 2.45) is 28.6 Å². The number of Topliss-reactive ketones (excluding diaryl/α,β-unsaturated/α-hetero) is 1. The quantitative estimate of drug-likeness (QED) is 0.325. The fourth-order valence-corrected chi connectivity index (χ4v) is 7.96. The van der Waals surface area contributed by atoms with E-state index in [9.17, 15) is 24.9 Å². The van der Waals surface area contributed by atoms with Gasteiger partial charge in [-0.25, -0.2) is 4.79 Å². The van der Waals surface area contributed by atoms with Gasteiger partial charge in [0, 0.05) is 23.3 Å². The predicted octanol–water partition coefficient (Wildman–Crippen LogP) is 3.87. The lowest BCUT2D eigenvalue weighted by Gasteiger charge is -2.66. The molecule has 6 nitrogen and oxygen atoms in total. The summed E-state index contributed by atoms with van der Waals surface area (Å²) >= 11 is 0. The highest BCUT2D eigenvalue weighted by Gasteiger charge is 2.77. The molecule has 3 N–H and O–H groups in total. The molecule has 4 aliphatic rings. The Hall–Kier alpha value is -1.50. The average molecular weight is 475 g/mol. The molecule has 3 saturated carbocycles. The van der Waals surface area contributed by atoms with Gasteiger partial charge >= 0.3 is 5.97 Å². The Morgan fingerprint density at radius 2 is 1.82 bits per heavy atom. The number of hydrogen-bond donors (Lipinski definition) is 3. The van der Waals surface area contributed by atoms with Crippen LogP contribution in [0.4, 0.5) is 0 Å². The number of carbonyl (C=O) groups excluding carboxylic acids is 2. The number of carbonyl (C=O) groups is 2. The van der Waals surface area contributed by atoms with Crippen LogP contribution in [0.2, 0.25) is 0 Å². The summed E-state index contributed by atoms with van der Waals surface area (Å²) in [7, 11) is 0. The summed E-state index contributed by atoms with van der Waals surface area (Å²) in [6.07, 6.45) is 5.72. The van der Waals surface area contributed by atoms with Gasteiger partial charge in [0.15, 0.2) is 0 Å². The minimum Gasteiger partial charge on any atom is -0.458 e. The van der Waals surface area contributed by atoms with Crippen LogP contribution in [0.25, 0.3) is 0 Å². The number of ether oxygens (including phenoxy) is 1. The summed E-state index contributed by atoms with van der Waals surface area (Å²) in [5.74, 6) is -1.15. The van der Waals surface area contributed by atoms with E-state index < -0.39 is 46.1 Å². The van der Waals surface area contributed by atoms with Crippen molar-refractivity contribution in [1.29, 1.82) is 0 Å². The number of ketones is 1. The molecule has 0 amide bonds. The van der Waals surface area contributed by atoms with Crippen molar-refractivity contribution in [3.63, 3.8) is 0 Å². The summed E-state index contributed by atoms with van der Waals surface area (Å²) in [4.78, 5) is 25.8. The zero-order chi connectivity index (χ0) is 25.3. The number of aliphatic hydroxyl groups is 3. The number of hydrogen-bond acceptors (Lipinski definition) is 6. The summed E-state index contributed by atoms with van der Waals surface area (Å²) in [5.41, 5.74) is -2.47. The summed E-state index contributed by atoms with van der Waals surface area (Å²) in [6.45, 7) is 11.4. The molecular formula is C28H42O6. The molecule has 190 valence electrons. The maximum atomic E-state index is 13.0. The third kappa shape index (κ3) is 3.39. The van der Waals surface area contributed by atoms with E-state index in [-0.39, 0.29) is 30.5 Å². The summed E-state index contributed by atoms with van der Waals surface area (Å²) in [5, 5.41) is 35.0. The molecule has 0 aromatic heterocycles. The Morgan fingerprint density at radius 3 is 2.44 bits per heavy atom. The minimum absolute atomic E-state index is 0.0468. The number of rotatable bonds is 4. The van der Waals surface area contributed by atoms with E-state index in [0.717, 1.165) is 11.1 Å². The van der Waals surface area contributed by atoms with Gasteiger partial charge in [-0.3, -0.25) is 4.79 Å². The van der Waals surface area contributed by atoms with Crippen LogP contribution in [0.3, 0.4) is 0 Å². The van der Waals surface area contributed by atoms with Crippen molar-refractivity contribution in [1.82, 2.24) is 0 Å². The summed E-state index contributed by atoms with van der Waals surface area (Å²) in [6, 6.07) is 0. The van der Waals surface area contributed by atoms with E-state index in [1.54, 1.807) is 0 Å². The lowest BCUT2D eigenvalue weighted by molar-refractivity contribution is -0.299. The van der Waals surface area contributed by atoms with E-state index >= 15 is 0 Å². The van der Waals surface area contributed by atoms with Crippen LogP contribution in [0, 0.1) is 28.6 Å². The van der Waals surface area contributed by atoms with Gasteiger partial charge in [-0.05, 0) is 70.1 Å². The number of allylic oxidation sites excluding steroid dienone is 1. The topological polar surface area (TPSA) is 104 Å². The largest absolute Gasteiger partial charge is 0.458 e. The normalized spacial score (nSPS) is 46.3. The van der Waals surface area contributed by atoms with Gasteiger partial charge in [-0.1, -0.05) is 44.9 Å². The average Bonchev–Trinajstić information content (AvgIpc) is 3.04. The van der Waals surface area contributed by atoms with Crippen molar-refractivity contribution in [3.05, 3.63) is 23.3 Å². The first-order valence-corrected chi connectivity index (χ1v) is 12.9. The van der Waals surface area contributed by atoms with Crippen molar-refractivity contribution in [2.45, 2.75) is 110 Å². The molecule has 0 spiro atoms. The fraction of sp³-hybridized carbons (Fsp3) is 0.786. The van der Waals surface area contributed by atoms with Crippen LogP contribution >= 0.6 is 0 Å². The molecular weight excluding hydrogens is 432 g/mol. The second-order valence-electron chi connectivity index (χ2n) is 12.3. The van der Waals surface area contributed by atoms with Gasteiger partial charge in [-0.2, -0.15) is 0 Å². The second kappa shape index (κ2) is 8.28. The molecule has 34 heavy (non-hydrogen) atoms. The smallest absolute Gasteiger partial charge is 0.330 e. The standard InChI is InChI=1S/C28H42O6/c1-16(2)17(3)13-24(31)34-23-15-22-25(5)10-8-20(30)14-19(25)7-11-27(22,32)28(33)12-9-21(18(4)29)26(23,28)6/h7,13,16,20-23,30,32-33H,8-12,14-15H2,1-6H3/b17-13+/t20-,21-,22?,23+,25-,26-,27-,28+/m0/s1. The molecule has 0 heterocycles. The highest BCUT2D eigenvalue weighted by atomic mass is 16.5. The second-order valence-corrected chi connectivity index (χ2v) is 12.3. The van der Waals surface area contributed by atoms with Gasteiger partial charge in [0.1, 0.15) is 23.1 Å². The Bertz CT molecular complexity index is 935. The van der Waals surface area contributed by atoms with Crippen LogP contribution in [0.15, 0.2) is 23.3 Å². The SMILES string of the molecule is CC(=O)[C@@H]1CC[C@@]2(O)[C@]1(C)[C@H](OC(=O)/C=C(\C)C(C)C)CC1[C@@]3(C)CC[C@H](O)CC3=CC[C@]12O. The third-order valence-electron chi connectivity index (χ3n) is 10.4. The van der Waals surface area contributed by atoms with Gasteiger partial charge in [0.2, 0.25) is 0 Å². The molecule has 1 unspecified atom stereocenters. The zero-order valence-corrected chi connectivity index (χ0v) is 21.6. The molecule has 4 rings (SSSR count). The van der Waals surface area contributed by atoms with Crippen LogP contribution in [-0.4, -0.2) is 50.5 Å². The van der Waals surface area contributed by atoms with Crippen molar-refractivity contribution in [2.75, 3.05) is 0 Å². The number of fused-ring (bicyclic) bond motifs is 5. The maximum absolute atomic E-state index is 13.0. The van der Waals surface area contributed by atoms with E-state index in [1.165, 1.54) is 13.0 Å². The molecule has 8 atom stereocenters. The lowest BCUT2D eigenvalue weighted by Crippen LogP contribution is -2.75. The summed E-state index contributed by atoms with van der Waals surface area (Å²) < 4.78 is 6.11. The number of esters is 1. The van der Waals surface area contributed by atoms with Crippen molar-refractivity contribution >= 4 is 11.8 Å². The van der Waals surface area contributed by atoms with Crippen molar-refractivity contribution in [3.8, 4) is 0 Å². The fourth-order valence-electron chi connectivity index (χ4n) is 7.96. The van der Waals surface area contributed by atoms with Gasteiger partial charge in [0.05, 0.1) is 6.10 Å². The molecule has 0 aromatic carbocycles. The molecule has 6 heteroatoms. The first-order chi connectivity index (χ1) is 15.7. The highest BCUT2D eigenvalue weighted by molar-refractivity contribution is 5.83. The molecule has 3 fully saturated rings. The molecule has 4 aliphatic carbocycles. The Labute approximate surface area is 203 Å². The predicted molar refractivity (Wildman–Crippen MR) is 129 cm³/mol. The van der Waals surface area contributed by atoms with Crippen LogP contribution in [0.1, 0.15) is 86.5 Å². The third-order valence-corrected chi connectivity index (χ3v) is 10.4. The monoisotopic (exact) mass is 474 g/mol. The van der Waals surface area contributed by atoms with E-state index in [2.05, 4.69) is 6.92 Å². The van der Waals surface area contributed by atoms with Crippen LogP contribution < -0.4 is 0 Å². The van der Waals surface area contributed by atoms with Crippen molar-refractivity contribution < 1.29 is 29.6 Å². The molecule has 0 saturated heterocycles. The van der Waals surface area contributed by atoms with E-state index in [0.29, 0.717) is 32.1 Å². The van der Waals surface area contributed by atoms with Crippen LogP contribution in [0.5, 0.6) is 0 Å². The lowest BCUT2D eigenvalue weighted by atomic mass is 9.43. The number of aliphatic hydroxyl groups excluding tert-OH is 1. The van der Waals surface area contributed by atoms with Crippen LogP contribution in [-0.2, 0) is 14.3 Å².